The zero-order valence-corrected chi connectivity index (χ0v) is 8.36. The van der Waals surface area contributed by atoms with Crippen LogP contribution in [0.4, 0.5) is 0 Å². The topological polar surface area (TPSA) is 46.9 Å². The fourth-order valence-electron chi connectivity index (χ4n) is 1.33. The molecule has 76 valence electrons. The summed E-state index contributed by atoms with van der Waals surface area (Å²) >= 11 is 0. The molecule has 1 aliphatic carbocycles. The zero-order chi connectivity index (χ0) is 9.97. The van der Waals surface area contributed by atoms with Crippen molar-refractivity contribution in [3.63, 3.8) is 0 Å². The molecule has 1 heterocycles. The number of nitrogens with zero attached hydrogens (tertiary/aromatic N) is 2. The van der Waals surface area contributed by atoms with E-state index in [1.54, 1.807) is 6.20 Å². The Hall–Kier alpha value is -1.32. The maximum Gasteiger partial charge on any atom is 0.254 e. The Morgan fingerprint density at radius 3 is 3.14 bits per heavy atom. The standard InChI is InChI=1S/C10H15N3O/c1-2-5-11-10(14)8-6-12-13(7-8)9-3-4-9/h6-7,9H,2-5H2,1H3,(H,11,14). The van der Waals surface area contributed by atoms with Crippen LogP contribution >= 0.6 is 0 Å². The molecular weight excluding hydrogens is 178 g/mol. The van der Waals surface area contributed by atoms with Crippen molar-refractivity contribution in [3.8, 4) is 0 Å². The molecule has 2 rings (SSSR count). The molecule has 1 saturated carbocycles. The third kappa shape index (κ3) is 1.95. The number of hydrogen-bond donors (Lipinski definition) is 1. The van der Waals surface area contributed by atoms with Gasteiger partial charge in [0.1, 0.15) is 0 Å². The Labute approximate surface area is 83.3 Å². The first-order valence-electron chi connectivity index (χ1n) is 5.13. The summed E-state index contributed by atoms with van der Waals surface area (Å²) in [4.78, 5) is 11.5. The van der Waals surface area contributed by atoms with Crippen LogP contribution < -0.4 is 5.32 Å². The molecule has 1 aliphatic rings. The second kappa shape index (κ2) is 3.82. The summed E-state index contributed by atoms with van der Waals surface area (Å²) < 4.78 is 1.89. The molecule has 0 atom stereocenters. The highest BCUT2D eigenvalue weighted by Crippen LogP contribution is 2.33. The second-order valence-corrected chi connectivity index (χ2v) is 3.70. The van der Waals surface area contributed by atoms with Gasteiger partial charge < -0.3 is 5.32 Å². The predicted molar refractivity (Wildman–Crippen MR) is 53.1 cm³/mol. The van der Waals surface area contributed by atoms with Crippen LogP contribution in [0, 0.1) is 0 Å². The van der Waals surface area contributed by atoms with Crippen molar-refractivity contribution in [1.29, 1.82) is 0 Å². The number of carbonyl (C=O) groups is 1. The van der Waals surface area contributed by atoms with Gasteiger partial charge in [0.2, 0.25) is 0 Å². The van der Waals surface area contributed by atoms with Crippen molar-refractivity contribution in [1.82, 2.24) is 15.1 Å². The number of amides is 1. The first-order chi connectivity index (χ1) is 6.81. The third-order valence-corrected chi connectivity index (χ3v) is 2.32. The molecule has 0 spiro atoms. The van der Waals surface area contributed by atoms with E-state index in [2.05, 4.69) is 10.4 Å². The quantitative estimate of drug-likeness (QED) is 0.784. The molecule has 1 aromatic heterocycles. The average molecular weight is 193 g/mol. The van der Waals surface area contributed by atoms with Gasteiger partial charge in [-0.25, -0.2) is 0 Å². The summed E-state index contributed by atoms with van der Waals surface area (Å²) in [5, 5.41) is 6.99. The Morgan fingerprint density at radius 2 is 2.50 bits per heavy atom. The third-order valence-electron chi connectivity index (χ3n) is 2.32. The molecule has 0 saturated heterocycles. The SMILES string of the molecule is CCCNC(=O)c1cnn(C2CC2)c1. The number of carbonyl (C=O) groups excluding carboxylic acids is 1. The molecule has 0 unspecified atom stereocenters. The molecule has 4 heteroatoms. The van der Waals surface area contributed by atoms with Crippen LogP contribution in [0.5, 0.6) is 0 Å². The van der Waals surface area contributed by atoms with E-state index in [9.17, 15) is 4.79 Å². The monoisotopic (exact) mass is 193 g/mol. The number of rotatable bonds is 4. The van der Waals surface area contributed by atoms with Crippen LogP contribution in [0.25, 0.3) is 0 Å². The highest BCUT2D eigenvalue weighted by Gasteiger charge is 2.24. The van der Waals surface area contributed by atoms with Gasteiger partial charge in [0, 0.05) is 12.7 Å². The Bertz CT molecular complexity index is 328. The molecule has 1 fully saturated rings. The summed E-state index contributed by atoms with van der Waals surface area (Å²) in [6.45, 7) is 2.77. The second-order valence-electron chi connectivity index (χ2n) is 3.70. The van der Waals surface area contributed by atoms with Crippen molar-refractivity contribution in [2.24, 2.45) is 0 Å². The van der Waals surface area contributed by atoms with Crippen molar-refractivity contribution in [3.05, 3.63) is 18.0 Å². The van der Waals surface area contributed by atoms with Crippen molar-refractivity contribution in [2.45, 2.75) is 32.2 Å². The molecule has 14 heavy (non-hydrogen) atoms. The predicted octanol–water partition coefficient (Wildman–Crippen LogP) is 1.36. The van der Waals surface area contributed by atoms with Gasteiger partial charge in [-0.15, -0.1) is 0 Å². The Morgan fingerprint density at radius 1 is 1.71 bits per heavy atom. The van der Waals surface area contributed by atoms with Gasteiger partial charge in [-0.2, -0.15) is 5.10 Å². The van der Waals surface area contributed by atoms with Gasteiger partial charge in [0.15, 0.2) is 0 Å². The smallest absolute Gasteiger partial charge is 0.254 e. The van der Waals surface area contributed by atoms with E-state index in [0.717, 1.165) is 13.0 Å². The summed E-state index contributed by atoms with van der Waals surface area (Å²) in [7, 11) is 0. The number of nitrogens with one attached hydrogen (secondary N) is 1. The van der Waals surface area contributed by atoms with E-state index in [1.807, 2.05) is 17.8 Å². The molecule has 0 bridgehead atoms. The first-order valence-corrected chi connectivity index (χ1v) is 5.13. The fraction of sp³-hybridized carbons (Fsp3) is 0.600. The van der Waals surface area contributed by atoms with E-state index in [-0.39, 0.29) is 5.91 Å². The summed E-state index contributed by atoms with van der Waals surface area (Å²) in [5.74, 6) is -0.0150. The average Bonchev–Trinajstić information content (AvgIpc) is 2.93. The van der Waals surface area contributed by atoms with Gasteiger partial charge in [-0.1, -0.05) is 6.92 Å². The molecule has 0 aliphatic heterocycles. The maximum atomic E-state index is 11.5. The number of hydrogen-bond acceptors (Lipinski definition) is 2. The molecule has 1 N–H and O–H groups in total. The minimum Gasteiger partial charge on any atom is -0.352 e. The first kappa shape index (κ1) is 9.24. The number of aromatic nitrogens is 2. The summed E-state index contributed by atoms with van der Waals surface area (Å²) in [6, 6.07) is 0.544. The highest BCUT2D eigenvalue weighted by molar-refractivity contribution is 5.93. The summed E-state index contributed by atoms with van der Waals surface area (Å²) in [5.41, 5.74) is 0.672. The minimum absolute atomic E-state index is 0.0150. The van der Waals surface area contributed by atoms with E-state index in [4.69, 9.17) is 0 Å². The molecule has 0 radical (unpaired) electrons. The van der Waals surface area contributed by atoms with Crippen molar-refractivity contribution < 1.29 is 4.79 Å². The lowest BCUT2D eigenvalue weighted by Gasteiger charge is -1.99. The minimum atomic E-state index is -0.0150. The van der Waals surface area contributed by atoms with Gasteiger partial charge >= 0.3 is 0 Å². The van der Waals surface area contributed by atoms with E-state index < -0.39 is 0 Å². The van der Waals surface area contributed by atoms with Crippen LogP contribution in [0.15, 0.2) is 12.4 Å². The van der Waals surface area contributed by atoms with Crippen molar-refractivity contribution >= 4 is 5.91 Å². The van der Waals surface area contributed by atoms with Crippen LogP contribution in [-0.2, 0) is 0 Å². The van der Waals surface area contributed by atoms with Gasteiger partial charge in [-0.05, 0) is 19.3 Å². The van der Waals surface area contributed by atoms with Gasteiger partial charge in [-0.3, -0.25) is 9.48 Å². The highest BCUT2D eigenvalue weighted by atomic mass is 16.1. The zero-order valence-electron chi connectivity index (χ0n) is 8.36. The molecule has 1 aromatic rings. The molecule has 4 nitrogen and oxygen atoms in total. The largest absolute Gasteiger partial charge is 0.352 e. The lowest BCUT2D eigenvalue weighted by atomic mass is 10.3. The van der Waals surface area contributed by atoms with E-state index in [0.29, 0.717) is 11.6 Å². The fourth-order valence-corrected chi connectivity index (χ4v) is 1.33. The normalized spacial score (nSPS) is 15.5. The lowest BCUT2D eigenvalue weighted by molar-refractivity contribution is 0.0953. The molecule has 1 amide bonds. The van der Waals surface area contributed by atoms with Gasteiger partial charge in [0.25, 0.3) is 5.91 Å². The van der Waals surface area contributed by atoms with Crippen LogP contribution in [0.1, 0.15) is 42.6 Å². The van der Waals surface area contributed by atoms with Crippen LogP contribution in [-0.4, -0.2) is 22.2 Å². The van der Waals surface area contributed by atoms with Gasteiger partial charge in [0.05, 0.1) is 17.8 Å². The van der Waals surface area contributed by atoms with E-state index in [1.165, 1.54) is 12.8 Å². The van der Waals surface area contributed by atoms with Crippen LogP contribution in [0.2, 0.25) is 0 Å². The Kier molecular flexibility index (Phi) is 2.52. The van der Waals surface area contributed by atoms with E-state index >= 15 is 0 Å². The van der Waals surface area contributed by atoms with Crippen molar-refractivity contribution in [2.75, 3.05) is 6.54 Å². The Balaban J connectivity index is 1.97. The maximum absolute atomic E-state index is 11.5. The lowest BCUT2D eigenvalue weighted by Crippen LogP contribution is -2.23. The molecular formula is C10H15N3O. The van der Waals surface area contributed by atoms with Crippen LogP contribution in [0.3, 0.4) is 0 Å². The summed E-state index contributed by atoms with van der Waals surface area (Å²) in [6.07, 6.45) is 6.82. The molecule has 0 aromatic carbocycles.